The van der Waals surface area contributed by atoms with E-state index in [4.69, 9.17) is 18.6 Å². The zero-order valence-corrected chi connectivity index (χ0v) is 21.7. The predicted octanol–water partition coefficient (Wildman–Crippen LogP) is 0.737. The summed E-state index contributed by atoms with van der Waals surface area (Å²) in [4.78, 5) is 26.6. The monoisotopic (exact) mass is 600 g/mol. The van der Waals surface area contributed by atoms with Crippen molar-refractivity contribution >= 4 is 16.9 Å². The summed E-state index contributed by atoms with van der Waals surface area (Å²) in [5.74, 6) is -6.21. The maximum Gasteiger partial charge on any atom is 0.339 e. The van der Waals surface area contributed by atoms with Crippen molar-refractivity contribution in [1.82, 2.24) is 0 Å². The van der Waals surface area contributed by atoms with Crippen LogP contribution in [0.15, 0.2) is 57.7 Å². The molecule has 9 N–H and O–H groups in total. The molecule has 1 aliphatic rings. The van der Waals surface area contributed by atoms with Gasteiger partial charge in [-0.15, -0.1) is 0 Å². The number of fused-ring (bicyclic) bond motifs is 1. The van der Waals surface area contributed by atoms with E-state index >= 15 is 0 Å². The van der Waals surface area contributed by atoms with Crippen molar-refractivity contribution in [2.24, 2.45) is 0 Å². The SMILES string of the molecule is O=C(O[C@H]1[C@H](Oc2c(-c3ccc(O)cc3)oc3cc(O)cc(O)c3c2=O)O[C@H](CO)[C@@H](O)[C@@H]1O)c1cc(O)c(O)c(O)c1. The number of benzene rings is 3. The normalized spacial score (nSPS) is 21.9. The Balaban J connectivity index is 1.61. The number of aliphatic hydroxyl groups excluding tert-OH is 3. The molecule has 1 aromatic heterocycles. The molecule has 4 aromatic rings. The largest absolute Gasteiger partial charge is 0.508 e. The van der Waals surface area contributed by atoms with Gasteiger partial charge in [0.15, 0.2) is 29.1 Å². The summed E-state index contributed by atoms with van der Waals surface area (Å²) in [7, 11) is 0. The topological polar surface area (TPSA) is 257 Å². The molecule has 0 aliphatic carbocycles. The fourth-order valence-corrected chi connectivity index (χ4v) is 4.48. The van der Waals surface area contributed by atoms with Gasteiger partial charge in [-0.1, -0.05) is 0 Å². The summed E-state index contributed by atoms with van der Waals surface area (Å²) < 4.78 is 22.4. The second-order valence-electron chi connectivity index (χ2n) is 9.53. The Morgan fingerprint density at radius 1 is 0.837 bits per heavy atom. The van der Waals surface area contributed by atoms with Crippen LogP contribution >= 0.6 is 0 Å². The summed E-state index contributed by atoms with van der Waals surface area (Å²) in [5.41, 5.74) is -1.63. The minimum Gasteiger partial charge on any atom is -0.508 e. The standard InChI is InChI=1S/C28H24O15/c29-9-18-21(36)23(38)26(42-27(39)11-5-15(33)20(35)16(34)6-11)28(41-18)43-25-22(37)19-14(32)7-13(31)8-17(19)40-24(25)10-1-3-12(30)4-2-10/h1-8,18,21,23,26,28-36,38H,9H2/t18-,21-,23+,26-,28+/m1/s1. The first-order valence-electron chi connectivity index (χ1n) is 12.5. The Morgan fingerprint density at radius 3 is 2.12 bits per heavy atom. The zero-order chi connectivity index (χ0) is 31.2. The molecule has 1 saturated heterocycles. The molecule has 226 valence electrons. The lowest BCUT2D eigenvalue weighted by molar-refractivity contribution is -0.276. The van der Waals surface area contributed by atoms with Crippen molar-refractivity contribution in [3.05, 3.63) is 64.3 Å². The molecule has 0 radical (unpaired) electrons. The van der Waals surface area contributed by atoms with Crippen LogP contribution < -0.4 is 10.2 Å². The minimum absolute atomic E-state index is 0.138. The predicted molar refractivity (Wildman–Crippen MR) is 142 cm³/mol. The van der Waals surface area contributed by atoms with E-state index in [1.165, 1.54) is 24.3 Å². The Hall–Kier alpha value is -5.22. The lowest BCUT2D eigenvalue weighted by Crippen LogP contribution is -2.61. The Morgan fingerprint density at radius 2 is 1.49 bits per heavy atom. The molecular weight excluding hydrogens is 576 g/mol. The number of aliphatic hydroxyl groups is 3. The minimum atomic E-state index is -1.99. The maximum atomic E-state index is 13.7. The van der Waals surface area contributed by atoms with Crippen LogP contribution in [0.25, 0.3) is 22.3 Å². The van der Waals surface area contributed by atoms with Crippen LogP contribution in [-0.2, 0) is 9.47 Å². The van der Waals surface area contributed by atoms with Crippen molar-refractivity contribution in [2.45, 2.75) is 30.7 Å². The summed E-state index contributed by atoms with van der Waals surface area (Å²) >= 11 is 0. The quantitative estimate of drug-likeness (QED) is 0.109. The second-order valence-corrected chi connectivity index (χ2v) is 9.53. The smallest absolute Gasteiger partial charge is 0.339 e. The number of hydrogen-bond acceptors (Lipinski definition) is 15. The van der Waals surface area contributed by atoms with Gasteiger partial charge in [0.1, 0.15) is 46.5 Å². The van der Waals surface area contributed by atoms with Crippen LogP contribution in [-0.4, -0.2) is 89.2 Å². The van der Waals surface area contributed by atoms with E-state index in [2.05, 4.69) is 0 Å². The lowest BCUT2D eigenvalue weighted by atomic mass is 9.99. The summed E-state index contributed by atoms with van der Waals surface area (Å²) in [5, 5.41) is 89.8. The van der Waals surface area contributed by atoms with Crippen LogP contribution in [0.2, 0.25) is 0 Å². The zero-order valence-electron chi connectivity index (χ0n) is 21.7. The molecule has 0 spiro atoms. The molecule has 3 aromatic carbocycles. The first kappa shape index (κ1) is 29.3. The number of hydrogen-bond donors (Lipinski definition) is 9. The van der Waals surface area contributed by atoms with Gasteiger partial charge >= 0.3 is 5.97 Å². The average Bonchev–Trinajstić information content (AvgIpc) is 2.96. The highest BCUT2D eigenvalue weighted by Crippen LogP contribution is 2.39. The molecule has 1 fully saturated rings. The molecule has 15 heteroatoms. The third-order valence-corrected chi connectivity index (χ3v) is 6.65. The van der Waals surface area contributed by atoms with Gasteiger partial charge in [-0.05, 0) is 36.4 Å². The van der Waals surface area contributed by atoms with Crippen molar-refractivity contribution in [3.8, 4) is 51.6 Å². The lowest BCUT2D eigenvalue weighted by Gasteiger charge is -2.41. The summed E-state index contributed by atoms with van der Waals surface area (Å²) in [6.07, 6.45) is -9.20. The van der Waals surface area contributed by atoms with E-state index in [1.807, 2.05) is 0 Å². The summed E-state index contributed by atoms with van der Waals surface area (Å²) in [6.45, 7) is -0.852. The highest BCUT2D eigenvalue weighted by Gasteiger charge is 2.48. The number of phenolic OH excluding ortho intramolecular Hbond substituents is 6. The van der Waals surface area contributed by atoms with Crippen LogP contribution in [0, 0.1) is 0 Å². The number of phenols is 6. The number of ether oxygens (including phenoxy) is 3. The van der Waals surface area contributed by atoms with E-state index < -0.39 is 94.2 Å². The Bertz CT molecular complexity index is 1720. The van der Waals surface area contributed by atoms with Crippen molar-refractivity contribution in [1.29, 1.82) is 0 Å². The maximum absolute atomic E-state index is 13.7. The van der Waals surface area contributed by atoms with Gasteiger partial charge < -0.3 is 64.6 Å². The molecular formula is C28H24O15. The molecule has 43 heavy (non-hydrogen) atoms. The fraction of sp³-hybridized carbons (Fsp3) is 0.214. The first-order chi connectivity index (χ1) is 20.4. The number of aromatic hydroxyl groups is 6. The van der Waals surface area contributed by atoms with Gasteiger partial charge in [-0.25, -0.2) is 4.79 Å². The van der Waals surface area contributed by atoms with Gasteiger partial charge in [0.05, 0.1) is 12.2 Å². The molecule has 0 bridgehead atoms. The Labute approximate surface area is 239 Å². The first-order valence-corrected chi connectivity index (χ1v) is 12.5. The number of esters is 1. The summed E-state index contributed by atoms with van der Waals surface area (Å²) in [6, 6.07) is 8.61. The highest BCUT2D eigenvalue weighted by molar-refractivity contribution is 5.91. The van der Waals surface area contributed by atoms with E-state index in [0.29, 0.717) is 0 Å². The fourth-order valence-electron chi connectivity index (χ4n) is 4.48. The van der Waals surface area contributed by atoms with Crippen molar-refractivity contribution in [2.75, 3.05) is 6.61 Å². The molecule has 15 nitrogen and oxygen atoms in total. The van der Waals surface area contributed by atoms with Crippen LogP contribution in [0.4, 0.5) is 0 Å². The van der Waals surface area contributed by atoms with Crippen molar-refractivity contribution < 1.29 is 69.4 Å². The number of carbonyl (C=O) groups is 1. The van der Waals surface area contributed by atoms with E-state index in [-0.39, 0.29) is 22.7 Å². The third-order valence-electron chi connectivity index (χ3n) is 6.65. The number of carbonyl (C=O) groups excluding carboxylic acids is 1. The molecule has 2 heterocycles. The molecule has 0 amide bonds. The molecule has 1 aliphatic heterocycles. The van der Waals surface area contributed by atoms with E-state index in [0.717, 1.165) is 24.3 Å². The number of rotatable bonds is 6. The van der Waals surface area contributed by atoms with Crippen molar-refractivity contribution in [3.63, 3.8) is 0 Å². The van der Waals surface area contributed by atoms with Crippen LogP contribution in [0.5, 0.6) is 40.2 Å². The van der Waals surface area contributed by atoms with Gasteiger partial charge in [0.2, 0.25) is 17.5 Å². The third kappa shape index (κ3) is 5.40. The highest BCUT2D eigenvalue weighted by atomic mass is 16.7. The average molecular weight is 600 g/mol. The van der Waals surface area contributed by atoms with Crippen LogP contribution in [0.1, 0.15) is 10.4 Å². The molecule has 5 atom stereocenters. The van der Waals surface area contributed by atoms with Gasteiger partial charge in [-0.3, -0.25) is 4.79 Å². The molecule has 0 saturated carbocycles. The second kappa shape index (κ2) is 11.2. The Kier molecular flexibility index (Phi) is 7.64. The molecule has 0 unspecified atom stereocenters. The van der Waals surface area contributed by atoms with Crippen LogP contribution in [0.3, 0.4) is 0 Å². The van der Waals surface area contributed by atoms with Gasteiger partial charge in [0, 0.05) is 17.7 Å². The van der Waals surface area contributed by atoms with Gasteiger partial charge in [0.25, 0.3) is 0 Å². The molecule has 5 rings (SSSR count). The van der Waals surface area contributed by atoms with Gasteiger partial charge in [-0.2, -0.15) is 0 Å². The van der Waals surface area contributed by atoms with E-state index in [1.54, 1.807) is 0 Å². The van der Waals surface area contributed by atoms with E-state index in [9.17, 15) is 55.5 Å².